The molecule has 0 aromatic heterocycles. The molecule has 2 saturated heterocycles. The molecule has 1 aromatic carbocycles. The number of carbonyl (C=O) groups excluding carboxylic acids is 3. The van der Waals surface area contributed by atoms with Gasteiger partial charge in [0.15, 0.2) is 0 Å². The number of carbonyl (C=O) groups is 3. The highest BCUT2D eigenvalue weighted by atomic mass is 32.3. The second-order valence-electron chi connectivity index (χ2n) is 6.10. The van der Waals surface area contributed by atoms with Gasteiger partial charge in [0.1, 0.15) is 5.54 Å². The summed E-state index contributed by atoms with van der Waals surface area (Å²) >= 11 is 0. The van der Waals surface area contributed by atoms with Crippen LogP contribution in [0.3, 0.4) is 0 Å². The van der Waals surface area contributed by atoms with Crippen molar-refractivity contribution in [2.45, 2.75) is 29.8 Å². The van der Waals surface area contributed by atoms with Crippen LogP contribution in [0, 0.1) is 5.92 Å². The van der Waals surface area contributed by atoms with Crippen LogP contribution >= 0.6 is 0 Å². The Kier molecular flexibility index (Phi) is 2.59. The van der Waals surface area contributed by atoms with E-state index < -0.39 is 32.5 Å². The minimum atomic E-state index is -4.91. The lowest BCUT2D eigenvalue weighted by Crippen LogP contribution is -2.73. The highest BCUT2D eigenvalue weighted by Gasteiger charge is 2.62. The van der Waals surface area contributed by atoms with Gasteiger partial charge >= 0.3 is 10.2 Å². The quantitative estimate of drug-likeness (QED) is 0.609. The molecule has 0 radical (unpaired) electrons. The van der Waals surface area contributed by atoms with Gasteiger partial charge in [0.2, 0.25) is 5.91 Å². The van der Waals surface area contributed by atoms with Crippen molar-refractivity contribution >= 4 is 27.9 Å². The molecule has 2 bridgehead atoms. The van der Waals surface area contributed by atoms with Gasteiger partial charge in [-0.05, 0) is 30.5 Å². The molecule has 5 rings (SSSR count). The van der Waals surface area contributed by atoms with E-state index in [0.29, 0.717) is 5.56 Å². The summed E-state index contributed by atoms with van der Waals surface area (Å²) in [5.74, 6) is -1.64. The van der Waals surface area contributed by atoms with E-state index in [4.69, 9.17) is 0 Å². The van der Waals surface area contributed by atoms with E-state index in [1.165, 1.54) is 11.0 Å². The highest BCUT2D eigenvalue weighted by molar-refractivity contribution is 7.86. The highest BCUT2D eigenvalue weighted by Crippen LogP contribution is 2.48. The number of imide groups is 1. The predicted molar refractivity (Wildman–Crippen MR) is 73.2 cm³/mol. The molecule has 3 aliphatic heterocycles. The lowest BCUT2D eigenvalue weighted by molar-refractivity contribution is -0.160. The maximum Gasteiger partial charge on any atom is 0.332 e. The summed E-state index contributed by atoms with van der Waals surface area (Å²) in [6.45, 7) is 0.134. The van der Waals surface area contributed by atoms with Gasteiger partial charge in [-0.3, -0.25) is 19.7 Å². The number of amides is 3. The summed E-state index contributed by atoms with van der Waals surface area (Å²) in [5, 5.41) is 2.25. The molecule has 23 heavy (non-hydrogen) atoms. The molecular weight excluding hydrogens is 327 g/mol. The normalized spacial score (nSPS) is 29.2. The number of fused-ring (bicyclic) bond motifs is 3. The number of nitrogens with zero attached hydrogens (tertiary/aromatic N) is 1. The first kappa shape index (κ1) is 14.3. The van der Waals surface area contributed by atoms with E-state index in [0.717, 1.165) is 12.1 Å². The summed E-state index contributed by atoms with van der Waals surface area (Å²) < 4.78 is 35.1. The monoisotopic (exact) mass is 338 g/mol. The molecule has 4 aliphatic rings. The van der Waals surface area contributed by atoms with Crippen molar-refractivity contribution in [1.29, 1.82) is 0 Å². The van der Waals surface area contributed by atoms with Gasteiger partial charge in [0.05, 0.1) is 4.90 Å². The second kappa shape index (κ2) is 4.16. The van der Waals surface area contributed by atoms with Crippen LogP contribution in [0.15, 0.2) is 23.1 Å². The molecular formula is C14H11FN2O5S. The average molecular weight is 338 g/mol. The largest absolute Gasteiger partial charge is 0.332 e. The summed E-state index contributed by atoms with van der Waals surface area (Å²) in [7, 11) is -4.91. The van der Waals surface area contributed by atoms with E-state index in [1.54, 1.807) is 0 Å². The van der Waals surface area contributed by atoms with Crippen LogP contribution in [0.4, 0.5) is 3.89 Å². The third-order valence-corrected chi connectivity index (χ3v) is 5.70. The van der Waals surface area contributed by atoms with E-state index in [2.05, 4.69) is 5.32 Å². The standard InChI is InChI=1S/C14H11FN2O5S/c15-23(21,22)9-2-1-7-6-17(12(19)10(7)3-9)14-4-8(5-14)11(18)16-13(14)20/h1-3,8H,4-6H2,(H,16,18,20). The topological polar surface area (TPSA) is 101 Å². The van der Waals surface area contributed by atoms with Gasteiger partial charge in [-0.2, -0.15) is 8.42 Å². The lowest BCUT2D eigenvalue weighted by atomic mass is 9.63. The first-order valence-electron chi connectivity index (χ1n) is 6.97. The van der Waals surface area contributed by atoms with Gasteiger partial charge in [-0.25, -0.2) is 0 Å². The van der Waals surface area contributed by atoms with Crippen molar-refractivity contribution in [2.24, 2.45) is 5.92 Å². The minimum Gasteiger partial charge on any atom is -0.319 e. The van der Waals surface area contributed by atoms with Gasteiger partial charge in [-0.1, -0.05) is 6.07 Å². The zero-order chi connectivity index (χ0) is 16.6. The Balaban J connectivity index is 1.71. The Hall–Kier alpha value is -2.29. The van der Waals surface area contributed by atoms with Crippen molar-refractivity contribution < 1.29 is 26.7 Å². The average Bonchev–Trinajstić information content (AvgIpc) is 2.73. The Morgan fingerprint density at radius 2 is 1.91 bits per heavy atom. The molecule has 3 amide bonds. The van der Waals surface area contributed by atoms with Crippen LogP contribution in [-0.2, 0) is 26.4 Å². The molecule has 1 aromatic rings. The predicted octanol–water partition coefficient (Wildman–Crippen LogP) is 0.106. The van der Waals surface area contributed by atoms with Crippen LogP contribution < -0.4 is 5.32 Å². The van der Waals surface area contributed by atoms with Gasteiger partial charge in [-0.15, -0.1) is 3.89 Å². The summed E-state index contributed by atoms with van der Waals surface area (Å²) in [6.07, 6.45) is 0.539. The van der Waals surface area contributed by atoms with Gasteiger partial charge in [0, 0.05) is 18.0 Å². The molecule has 7 nitrogen and oxygen atoms in total. The Bertz CT molecular complexity index is 888. The van der Waals surface area contributed by atoms with E-state index in [9.17, 15) is 26.7 Å². The van der Waals surface area contributed by atoms with Crippen molar-refractivity contribution in [3.05, 3.63) is 29.3 Å². The summed E-state index contributed by atoms with van der Waals surface area (Å²) in [5.41, 5.74) is -0.458. The number of hydrogen-bond donors (Lipinski definition) is 1. The number of rotatable bonds is 2. The maximum atomic E-state index is 13.1. The Morgan fingerprint density at radius 1 is 1.22 bits per heavy atom. The molecule has 1 saturated carbocycles. The summed E-state index contributed by atoms with van der Waals surface area (Å²) in [6, 6.07) is 3.46. The second-order valence-corrected chi connectivity index (χ2v) is 7.45. The summed E-state index contributed by atoms with van der Waals surface area (Å²) in [4.78, 5) is 37.0. The maximum absolute atomic E-state index is 13.1. The fourth-order valence-corrected chi connectivity index (χ4v) is 4.07. The third kappa shape index (κ3) is 1.79. The number of halogens is 1. The Morgan fingerprint density at radius 3 is 2.52 bits per heavy atom. The lowest BCUT2D eigenvalue weighted by Gasteiger charge is -2.53. The SMILES string of the molecule is O=C1NC(=O)C2(N3Cc4ccc(S(=O)(=O)F)cc4C3=O)CC1C2. The molecule has 1 N–H and O–H groups in total. The zero-order valence-corrected chi connectivity index (χ0v) is 12.5. The first-order chi connectivity index (χ1) is 10.7. The van der Waals surface area contributed by atoms with Crippen molar-refractivity contribution in [2.75, 3.05) is 0 Å². The molecule has 3 fully saturated rings. The fraction of sp³-hybridized carbons (Fsp3) is 0.357. The van der Waals surface area contributed by atoms with Crippen molar-refractivity contribution in [1.82, 2.24) is 10.2 Å². The molecule has 0 unspecified atom stereocenters. The number of benzene rings is 1. The zero-order valence-electron chi connectivity index (χ0n) is 11.7. The van der Waals surface area contributed by atoms with Crippen molar-refractivity contribution in [3.8, 4) is 0 Å². The van der Waals surface area contributed by atoms with Gasteiger partial charge in [0.25, 0.3) is 11.8 Å². The molecule has 0 spiro atoms. The van der Waals surface area contributed by atoms with E-state index >= 15 is 0 Å². The number of piperidine rings is 2. The third-order valence-electron chi connectivity index (χ3n) is 4.88. The molecule has 3 heterocycles. The Labute approximate surface area is 130 Å². The first-order valence-corrected chi connectivity index (χ1v) is 8.35. The molecule has 1 aliphatic carbocycles. The molecule has 120 valence electrons. The van der Waals surface area contributed by atoms with Crippen LogP contribution in [0.2, 0.25) is 0 Å². The van der Waals surface area contributed by atoms with Crippen molar-refractivity contribution in [3.63, 3.8) is 0 Å². The van der Waals surface area contributed by atoms with Crippen LogP contribution in [0.5, 0.6) is 0 Å². The minimum absolute atomic E-state index is 0.0752. The fourth-order valence-electron chi connectivity index (χ4n) is 3.58. The number of hydrogen-bond acceptors (Lipinski definition) is 5. The number of nitrogens with one attached hydrogen (secondary N) is 1. The smallest absolute Gasteiger partial charge is 0.319 e. The van der Waals surface area contributed by atoms with Crippen LogP contribution in [0.1, 0.15) is 28.8 Å². The molecule has 9 heteroatoms. The van der Waals surface area contributed by atoms with Crippen LogP contribution in [-0.4, -0.2) is 36.6 Å². The van der Waals surface area contributed by atoms with E-state index in [1.807, 2.05) is 0 Å². The van der Waals surface area contributed by atoms with Crippen LogP contribution in [0.25, 0.3) is 0 Å². The van der Waals surface area contributed by atoms with Gasteiger partial charge < -0.3 is 4.90 Å². The molecule has 0 atom stereocenters. The van der Waals surface area contributed by atoms with E-state index in [-0.39, 0.29) is 36.8 Å².